The molecule has 0 radical (unpaired) electrons. The monoisotopic (exact) mass is 338 g/mol. The van der Waals surface area contributed by atoms with Gasteiger partial charge in [-0.25, -0.2) is 9.59 Å². The molecule has 124 valence electrons. The molecule has 7 heteroatoms. The average Bonchev–Trinajstić information content (AvgIpc) is 2.53. The van der Waals surface area contributed by atoms with E-state index in [4.69, 9.17) is 21.1 Å². The van der Waals surface area contributed by atoms with Crippen molar-refractivity contribution in [3.8, 4) is 0 Å². The fourth-order valence-corrected chi connectivity index (χ4v) is 2.43. The van der Waals surface area contributed by atoms with Crippen LogP contribution >= 0.6 is 11.6 Å². The fourth-order valence-electron chi connectivity index (χ4n) is 2.30. The SMILES string of the molecule is COCCOC(=O)C1=C(C)N(C)C(=O)N[C@@H]1c1ccc(Cl)cc1. The van der Waals surface area contributed by atoms with Gasteiger partial charge in [0.15, 0.2) is 0 Å². The molecule has 2 rings (SSSR count). The van der Waals surface area contributed by atoms with E-state index in [1.807, 2.05) is 0 Å². The van der Waals surface area contributed by atoms with Crippen LogP contribution in [0.4, 0.5) is 4.79 Å². The van der Waals surface area contributed by atoms with Crippen LogP contribution in [-0.4, -0.2) is 44.3 Å². The van der Waals surface area contributed by atoms with Gasteiger partial charge < -0.3 is 19.7 Å². The Morgan fingerprint density at radius 3 is 2.57 bits per heavy atom. The van der Waals surface area contributed by atoms with Crippen molar-refractivity contribution in [1.82, 2.24) is 10.2 Å². The second-order valence-electron chi connectivity index (χ2n) is 5.12. The van der Waals surface area contributed by atoms with Crippen LogP contribution in [0.5, 0.6) is 0 Å². The molecule has 0 unspecified atom stereocenters. The van der Waals surface area contributed by atoms with Crippen molar-refractivity contribution in [3.63, 3.8) is 0 Å². The molecule has 0 aliphatic carbocycles. The lowest BCUT2D eigenvalue weighted by atomic mass is 9.95. The van der Waals surface area contributed by atoms with Crippen molar-refractivity contribution in [2.24, 2.45) is 0 Å². The molecule has 1 aromatic rings. The normalized spacial score (nSPS) is 18.0. The number of esters is 1. The average molecular weight is 339 g/mol. The van der Waals surface area contributed by atoms with Crippen molar-refractivity contribution in [3.05, 3.63) is 46.1 Å². The standard InChI is InChI=1S/C16H19ClN2O4/c1-10-13(15(20)23-9-8-22-3)14(18-16(21)19(10)2)11-4-6-12(17)7-5-11/h4-7,14H,8-9H2,1-3H3,(H,18,21)/t14-/m1/s1. The number of allylic oxidation sites excluding steroid dienone is 1. The van der Waals surface area contributed by atoms with Crippen LogP contribution in [0.1, 0.15) is 18.5 Å². The first kappa shape index (κ1) is 17.3. The molecule has 2 amide bonds. The summed E-state index contributed by atoms with van der Waals surface area (Å²) in [5.41, 5.74) is 1.70. The first-order chi connectivity index (χ1) is 11.0. The maximum atomic E-state index is 12.4. The quantitative estimate of drug-likeness (QED) is 0.661. The number of urea groups is 1. The van der Waals surface area contributed by atoms with E-state index in [-0.39, 0.29) is 12.6 Å². The number of carbonyl (C=O) groups excluding carboxylic acids is 2. The van der Waals surface area contributed by atoms with Gasteiger partial charge in [-0.1, -0.05) is 23.7 Å². The fraction of sp³-hybridized carbons (Fsp3) is 0.375. The van der Waals surface area contributed by atoms with Gasteiger partial charge in [-0.05, 0) is 24.6 Å². The first-order valence-electron chi connectivity index (χ1n) is 7.12. The number of hydrogen-bond donors (Lipinski definition) is 1. The molecule has 1 aromatic carbocycles. The molecule has 1 aliphatic heterocycles. The summed E-state index contributed by atoms with van der Waals surface area (Å²) in [6.07, 6.45) is 0. The zero-order chi connectivity index (χ0) is 17.0. The predicted molar refractivity (Wildman–Crippen MR) is 86.0 cm³/mol. The van der Waals surface area contributed by atoms with E-state index in [1.165, 1.54) is 12.0 Å². The van der Waals surface area contributed by atoms with Gasteiger partial charge in [-0.2, -0.15) is 0 Å². The lowest BCUT2D eigenvalue weighted by molar-refractivity contribution is -0.140. The molecule has 1 heterocycles. The van der Waals surface area contributed by atoms with Crippen LogP contribution in [0.3, 0.4) is 0 Å². The summed E-state index contributed by atoms with van der Waals surface area (Å²) in [7, 11) is 3.13. The minimum atomic E-state index is -0.578. The van der Waals surface area contributed by atoms with Crippen LogP contribution < -0.4 is 5.32 Å². The van der Waals surface area contributed by atoms with Gasteiger partial charge in [0.25, 0.3) is 0 Å². The topological polar surface area (TPSA) is 67.9 Å². The highest BCUT2D eigenvalue weighted by molar-refractivity contribution is 6.30. The van der Waals surface area contributed by atoms with Gasteiger partial charge in [0, 0.05) is 24.9 Å². The Morgan fingerprint density at radius 2 is 1.96 bits per heavy atom. The minimum absolute atomic E-state index is 0.150. The number of nitrogens with one attached hydrogen (secondary N) is 1. The summed E-state index contributed by atoms with van der Waals surface area (Å²) in [4.78, 5) is 25.9. The van der Waals surface area contributed by atoms with Crippen LogP contribution in [0.15, 0.2) is 35.5 Å². The second kappa shape index (κ2) is 7.48. The van der Waals surface area contributed by atoms with Gasteiger partial charge in [-0.3, -0.25) is 0 Å². The van der Waals surface area contributed by atoms with Crippen molar-refractivity contribution in [1.29, 1.82) is 0 Å². The largest absolute Gasteiger partial charge is 0.460 e. The first-order valence-corrected chi connectivity index (χ1v) is 7.50. The maximum absolute atomic E-state index is 12.4. The molecule has 0 saturated heterocycles. The Hall–Kier alpha value is -2.05. The highest BCUT2D eigenvalue weighted by Gasteiger charge is 2.34. The maximum Gasteiger partial charge on any atom is 0.338 e. The van der Waals surface area contributed by atoms with Crippen molar-refractivity contribution in [2.45, 2.75) is 13.0 Å². The summed E-state index contributed by atoms with van der Waals surface area (Å²) in [5, 5.41) is 3.39. The number of nitrogens with zero attached hydrogens (tertiary/aromatic N) is 1. The molecule has 1 aliphatic rings. The van der Waals surface area contributed by atoms with Crippen molar-refractivity contribution < 1.29 is 19.1 Å². The molecule has 0 spiro atoms. The van der Waals surface area contributed by atoms with Crippen molar-refractivity contribution >= 4 is 23.6 Å². The number of rotatable bonds is 5. The number of halogens is 1. The Kier molecular flexibility index (Phi) is 5.63. The van der Waals surface area contributed by atoms with Crippen molar-refractivity contribution in [2.75, 3.05) is 27.4 Å². The van der Waals surface area contributed by atoms with Gasteiger partial charge >= 0.3 is 12.0 Å². The number of amides is 2. The van der Waals surface area contributed by atoms with Crippen LogP contribution in [0.25, 0.3) is 0 Å². The van der Waals surface area contributed by atoms with Gasteiger partial charge in [0.05, 0.1) is 18.2 Å². The highest BCUT2D eigenvalue weighted by Crippen LogP contribution is 2.31. The van der Waals surface area contributed by atoms with E-state index < -0.39 is 12.0 Å². The molecule has 0 bridgehead atoms. The molecule has 0 aromatic heterocycles. The van der Waals surface area contributed by atoms with E-state index >= 15 is 0 Å². The molecule has 1 atom stereocenters. The zero-order valence-corrected chi connectivity index (χ0v) is 14.0. The van der Waals surface area contributed by atoms with Crippen LogP contribution in [-0.2, 0) is 14.3 Å². The lowest BCUT2D eigenvalue weighted by Crippen LogP contribution is -2.46. The van der Waals surface area contributed by atoms with E-state index in [9.17, 15) is 9.59 Å². The summed E-state index contributed by atoms with van der Waals surface area (Å²) >= 11 is 5.90. The third kappa shape index (κ3) is 3.83. The number of methoxy groups -OCH3 is 1. The molecular weight excluding hydrogens is 320 g/mol. The predicted octanol–water partition coefficient (Wildman–Crippen LogP) is 2.50. The Bertz CT molecular complexity index is 627. The summed E-state index contributed by atoms with van der Waals surface area (Å²) in [6.45, 7) is 2.18. The van der Waals surface area contributed by atoms with Gasteiger partial charge in [0.1, 0.15) is 6.61 Å². The summed E-state index contributed by atoms with van der Waals surface area (Å²) in [5.74, 6) is -0.480. The Balaban J connectivity index is 2.35. The third-order valence-electron chi connectivity index (χ3n) is 3.70. The molecule has 0 fully saturated rings. The number of hydrogen-bond acceptors (Lipinski definition) is 4. The van der Waals surface area contributed by atoms with E-state index in [0.29, 0.717) is 22.9 Å². The second-order valence-corrected chi connectivity index (χ2v) is 5.56. The molecule has 6 nitrogen and oxygen atoms in total. The van der Waals surface area contributed by atoms with Gasteiger partial charge in [-0.15, -0.1) is 0 Å². The smallest absolute Gasteiger partial charge is 0.338 e. The zero-order valence-electron chi connectivity index (χ0n) is 13.3. The molecular formula is C16H19ClN2O4. The number of ether oxygens (including phenoxy) is 2. The number of carbonyl (C=O) groups is 2. The summed E-state index contributed by atoms with van der Waals surface area (Å²) < 4.78 is 10.1. The lowest BCUT2D eigenvalue weighted by Gasteiger charge is -2.33. The minimum Gasteiger partial charge on any atom is -0.460 e. The van der Waals surface area contributed by atoms with Crippen LogP contribution in [0, 0.1) is 0 Å². The van der Waals surface area contributed by atoms with E-state index in [2.05, 4.69) is 5.32 Å². The Morgan fingerprint density at radius 1 is 1.30 bits per heavy atom. The van der Waals surface area contributed by atoms with Crippen LogP contribution in [0.2, 0.25) is 5.02 Å². The number of benzene rings is 1. The highest BCUT2D eigenvalue weighted by atomic mass is 35.5. The van der Waals surface area contributed by atoms with E-state index in [1.54, 1.807) is 38.2 Å². The Labute approximate surface area is 140 Å². The third-order valence-corrected chi connectivity index (χ3v) is 3.95. The molecule has 1 N–H and O–H groups in total. The molecule has 0 saturated carbocycles. The molecule has 23 heavy (non-hydrogen) atoms. The van der Waals surface area contributed by atoms with E-state index in [0.717, 1.165) is 5.56 Å². The summed E-state index contributed by atoms with van der Waals surface area (Å²) in [6, 6.07) is 6.11. The van der Waals surface area contributed by atoms with Gasteiger partial charge in [0.2, 0.25) is 0 Å².